The Morgan fingerprint density at radius 1 is 1.05 bits per heavy atom. The molecule has 0 spiro atoms. The molecule has 0 fully saturated rings. The quantitative estimate of drug-likeness (QED) is 0.926. The average molecular weight is 303 g/mol. The minimum atomic E-state index is -1.29. The fourth-order valence-corrected chi connectivity index (χ4v) is 2.73. The summed E-state index contributed by atoms with van der Waals surface area (Å²) in [5.74, 6) is -1.48. The summed E-state index contributed by atoms with van der Waals surface area (Å²) in [6.07, 6.45) is -1.05. The molecule has 0 saturated carbocycles. The molecule has 114 valence electrons. The standard InChI is InChI=1S/C17H15F2NO2/c18-14-6-7-15(19)13-10-20(9-8-12(13)14)17(22)16(21)11-4-2-1-3-5-11/h1-7,16,21H,8-10H2. The molecule has 3 nitrogen and oxygen atoms in total. The number of halogens is 2. The zero-order valence-electron chi connectivity index (χ0n) is 11.8. The van der Waals surface area contributed by atoms with E-state index in [2.05, 4.69) is 0 Å². The van der Waals surface area contributed by atoms with Gasteiger partial charge >= 0.3 is 0 Å². The Morgan fingerprint density at radius 2 is 1.68 bits per heavy atom. The van der Waals surface area contributed by atoms with Crippen LogP contribution in [0.4, 0.5) is 8.78 Å². The maximum absolute atomic E-state index is 13.8. The van der Waals surface area contributed by atoms with E-state index >= 15 is 0 Å². The zero-order chi connectivity index (χ0) is 15.7. The van der Waals surface area contributed by atoms with Gasteiger partial charge in [-0.05, 0) is 29.7 Å². The maximum atomic E-state index is 13.8. The lowest BCUT2D eigenvalue weighted by Crippen LogP contribution is -2.39. The summed E-state index contributed by atoms with van der Waals surface area (Å²) in [7, 11) is 0. The number of aliphatic hydroxyl groups is 1. The minimum Gasteiger partial charge on any atom is -0.378 e. The van der Waals surface area contributed by atoms with E-state index in [1.165, 1.54) is 4.90 Å². The van der Waals surface area contributed by atoms with Crippen molar-refractivity contribution in [1.29, 1.82) is 0 Å². The molecule has 0 bridgehead atoms. The fraction of sp³-hybridized carbons (Fsp3) is 0.235. The van der Waals surface area contributed by atoms with E-state index in [9.17, 15) is 18.7 Å². The van der Waals surface area contributed by atoms with Gasteiger partial charge in [-0.2, -0.15) is 0 Å². The topological polar surface area (TPSA) is 40.5 Å². The van der Waals surface area contributed by atoms with Crippen LogP contribution in [0.1, 0.15) is 22.8 Å². The first kappa shape index (κ1) is 14.7. The zero-order valence-corrected chi connectivity index (χ0v) is 11.8. The van der Waals surface area contributed by atoms with Crippen molar-refractivity contribution in [3.05, 3.63) is 70.8 Å². The molecule has 1 amide bonds. The number of carbonyl (C=O) groups excluding carboxylic acids is 1. The average Bonchev–Trinajstić information content (AvgIpc) is 2.57. The van der Waals surface area contributed by atoms with Crippen LogP contribution in [-0.4, -0.2) is 22.5 Å². The number of hydrogen-bond donors (Lipinski definition) is 1. The van der Waals surface area contributed by atoms with Gasteiger partial charge < -0.3 is 10.0 Å². The van der Waals surface area contributed by atoms with Crippen LogP contribution < -0.4 is 0 Å². The first-order valence-corrected chi connectivity index (χ1v) is 7.05. The van der Waals surface area contributed by atoms with E-state index in [-0.39, 0.29) is 25.1 Å². The minimum absolute atomic E-state index is 0.0261. The van der Waals surface area contributed by atoms with Crippen molar-refractivity contribution in [3.8, 4) is 0 Å². The van der Waals surface area contributed by atoms with E-state index < -0.39 is 23.6 Å². The lowest BCUT2D eigenvalue weighted by molar-refractivity contribution is -0.141. The fourth-order valence-electron chi connectivity index (χ4n) is 2.73. The van der Waals surface area contributed by atoms with Gasteiger partial charge in [0.25, 0.3) is 5.91 Å². The molecule has 2 aromatic carbocycles. The first-order valence-electron chi connectivity index (χ1n) is 7.05. The van der Waals surface area contributed by atoms with Gasteiger partial charge in [-0.3, -0.25) is 4.79 Å². The van der Waals surface area contributed by atoms with E-state index in [4.69, 9.17) is 0 Å². The van der Waals surface area contributed by atoms with Gasteiger partial charge in [0.2, 0.25) is 0 Å². The Morgan fingerprint density at radius 3 is 2.36 bits per heavy atom. The molecular formula is C17H15F2NO2. The van der Waals surface area contributed by atoms with Gasteiger partial charge in [0.05, 0.1) is 0 Å². The second kappa shape index (κ2) is 5.85. The molecule has 1 N–H and O–H groups in total. The number of rotatable bonds is 2. The Bertz CT molecular complexity index is 703. The molecule has 0 aromatic heterocycles. The molecule has 0 aliphatic carbocycles. The summed E-state index contributed by atoms with van der Waals surface area (Å²) < 4.78 is 27.5. The van der Waals surface area contributed by atoms with Crippen molar-refractivity contribution in [2.45, 2.75) is 19.1 Å². The smallest absolute Gasteiger partial charge is 0.256 e. The highest BCUT2D eigenvalue weighted by Crippen LogP contribution is 2.26. The lowest BCUT2D eigenvalue weighted by Gasteiger charge is -2.31. The SMILES string of the molecule is O=C(C(O)c1ccccc1)N1CCc2c(F)ccc(F)c2C1. The van der Waals surface area contributed by atoms with Gasteiger partial charge in [0, 0.05) is 18.7 Å². The number of nitrogens with zero attached hydrogens (tertiary/aromatic N) is 1. The lowest BCUT2D eigenvalue weighted by atomic mass is 9.97. The summed E-state index contributed by atoms with van der Waals surface area (Å²) in [5.41, 5.74) is 0.996. The molecule has 0 saturated heterocycles. The predicted molar refractivity (Wildman–Crippen MR) is 76.9 cm³/mol. The summed E-state index contributed by atoms with van der Waals surface area (Å²) >= 11 is 0. The van der Waals surface area contributed by atoms with Crippen molar-refractivity contribution in [1.82, 2.24) is 4.90 Å². The van der Waals surface area contributed by atoms with Crippen LogP contribution in [0.3, 0.4) is 0 Å². The second-order valence-electron chi connectivity index (χ2n) is 5.31. The van der Waals surface area contributed by atoms with Crippen LogP contribution in [0.25, 0.3) is 0 Å². The number of carbonyl (C=O) groups is 1. The monoisotopic (exact) mass is 303 g/mol. The molecule has 0 radical (unpaired) electrons. The number of aliphatic hydroxyl groups excluding tert-OH is 1. The predicted octanol–water partition coefficient (Wildman–Crippen LogP) is 2.58. The molecule has 1 atom stereocenters. The number of benzene rings is 2. The molecular weight excluding hydrogens is 288 g/mol. The van der Waals surface area contributed by atoms with E-state index in [0.29, 0.717) is 11.1 Å². The summed E-state index contributed by atoms with van der Waals surface area (Å²) in [4.78, 5) is 13.7. The normalized spacial score (nSPS) is 15.3. The largest absolute Gasteiger partial charge is 0.378 e. The Hall–Kier alpha value is -2.27. The Labute approximate surface area is 126 Å². The van der Waals surface area contributed by atoms with Crippen molar-refractivity contribution in [3.63, 3.8) is 0 Å². The molecule has 1 unspecified atom stereocenters. The Balaban J connectivity index is 1.83. The van der Waals surface area contributed by atoms with Crippen LogP contribution >= 0.6 is 0 Å². The second-order valence-corrected chi connectivity index (χ2v) is 5.31. The number of fused-ring (bicyclic) bond motifs is 1. The molecule has 2 aromatic rings. The Kier molecular flexibility index (Phi) is 3.90. The third-order valence-corrected chi connectivity index (χ3v) is 3.96. The summed E-state index contributed by atoms with van der Waals surface area (Å²) in [5, 5.41) is 10.2. The van der Waals surface area contributed by atoms with Crippen molar-refractivity contribution >= 4 is 5.91 Å². The highest BCUT2D eigenvalue weighted by Gasteiger charge is 2.29. The van der Waals surface area contributed by atoms with E-state index in [0.717, 1.165) is 12.1 Å². The third kappa shape index (κ3) is 2.60. The first-order chi connectivity index (χ1) is 10.6. The molecule has 1 heterocycles. The van der Waals surface area contributed by atoms with Gasteiger partial charge in [-0.15, -0.1) is 0 Å². The van der Waals surface area contributed by atoms with Crippen LogP contribution in [-0.2, 0) is 17.8 Å². The van der Waals surface area contributed by atoms with E-state index in [1.54, 1.807) is 30.3 Å². The molecule has 3 rings (SSSR count). The van der Waals surface area contributed by atoms with Crippen LogP contribution in [0.15, 0.2) is 42.5 Å². The van der Waals surface area contributed by atoms with Gasteiger partial charge in [-0.25, -0.2) is 8.78 Å². The highest BCUT2D eigenvalue weighted by molar-refractivity contribution is 5.82. The molecule has 1 aliphatic rings. The van der Waals surface area contributed by atoms with Gasteiger partial charge in [0.1, 0.15) is 11.6 Å². The molecule has 1 aliphatic heterocycles. The number of amides is 1. The summed E-state index contributed by atoms with van der Waals surface area (Å²) in [6.45, 7) is 0.234. The van der Waals surface area contributed by atoms with Crippen molar-refractivity contribution in [2.24, 2.45) is 0 Å². The number of hydrogen-bond acceptors (Lipinski definition) is 2. The van der Waals surface area contributed by atoms with Crippen LogP contribution in [0.5, 0.6) is 0 Å². The molecule has 5 heteroatoms. The van der Waals surface area contributed by atoms with Gasteiger partial charge in [-0.1, -0.05) is 30.3 Å². The maximum Gasteiger partial charge on any atom is 0.256 e. The van der Waals surface area contributed by atoms with Crippen molar-refractivity contribution < 1.29 is 18.7 Å². The van der Waals surface area contributed by atoms with Crippen LogP contribution in [0.2, 0.25) is 0 Å². The van der Waals surface area contributed by atoms with Crippen LogP contribution in [0, 0.1) is 11.6 Å². The molecule has 22 heavy (non-hydrogen) atoms. The summed E-state index contributed by atoms with van der Waals surface area (Å²) in [6, 6.07) is 10.7. The van der Waals surface area contributed by atoms with Crippen molar-refractivity contribution in [2.75, 3.05) is 6.54 Å². The van der Waals surface area contributed by atoms with E-state index in [1.807, 2.05) is 0 Å². The highest BCUT2D eigenvalue weighted by atomic mass is 19.1. The third-order valence-electron chi connectivity index (χ3n) is 3.96. The van der Waals surface area contributed by atoms with Gasteiger partial charge in [0.15, 0.2) is 6.10 Å².